The van der Waals surface area contributed by atoms with Crippen molar-refractivity contribution < 1.29 is 0 Å². The Morgan fingerprint density at radius 2 is 1.88 bits per heavy atom. The fourth-order valence-electron chi connectivity index (χ4n) is 1.74. The first-order valence-electron chi connectivity index (χ1n) is 6.08. The molecule has 0 bridgehead atoms. The molecule has 0 fully saturated rings. The van der Waals surface area contributed by atoms with E-state index < -0.39 is 0 Å². The zero-order chi connectivity index (χ0) is 12.0. The zero-order valence-corrected chi connectivity index (χ0v) is 10.7. The van der Waals surface area contributed by atoms with Crippen LogP contribution >= 0.6 is 0 Å². The van der Waals surface area contributed by atoms with Crippen molar-refractivity contribution in [3.63, 3.8) is 0 Å². The van der Waals surface area contributed by atoms with Gasteiger partial charge in [0.05, 0.1) is 0 Å². The van der Waals surface area contributed by atoms with Gasteiger partial charge in [-0.25, -0.2) is 0 Å². The number of hydrogen-bond acceptors (Lipinski definition) is 1. The first-order chi connectivity index (χ1) is 7.63. The molecule has 0 spiro atoms. The van der Waals surface area contributed by atoms with Crippen LogP contribution in [0.1, 0.15) is 44.2 Å². The van der Waals surface area contributed by atoms with E-state index in [1.54, 1.807) is 0 Å². The van der Waals surface area contributed by atoms with Crippen LogP contribution in [0, 0.1) is 0 Å². The van der Waals surface area contributed by atoms with Gasteiger partial charge in [0.2, 0.25) is 0 Å². The van der Waals surface area contributed by atoms with E-state index in [4.69, 9.17) is 5.73 Å². The van der Waals surface area contributed by atoms with Gasteiger partial charge in [-0.05, 0) is 43.4 Å². The molecule has 1 heteroatoms. The highest BCUT2D eigenvalue weighted by molar-refractivity contribution is 5.27. The van der Waals surface area contributed by atoms with Crippen LogP contribution in [0.5, 0.6) is 0 Å². The molecule has 0 aliphatic carbocycles. The van der Waals surface area contributed by atoms with Gasteiger partial charge < -0.3 is 5.73 Å². The fraction of sp³-hybridized carbons (Fsp3) is 0.467. The Bertz CT molecular complexity index is 333. The third-order valence-electron chi connectivity index (χ3n) is 2.79. The summed E-state index contributed by atoms with van der Waals surface area (Å²) in [4.78, 5) is 0. The Kier molecular flexibility index (Phi) is 5.27. The van der Waals surface area contributed by atoms with E-state index in [1.807, 2.05) is 0 Å². The largest absolute Gasteiger partial charge is 0.330 e. The minimum Gasteiger partial charge on any atom is -0.330 e. The summed E-state index contributed by atoms with van der Waals surface area (Å²) in [5.74, 6) is 0.614. The highest BCUT2D eigenvalue weighted by Crippen LogP contribution is 2.16. The van der Waals surface area contributed by atoms with Gasteiger partial charge >= 0.3 is 0 Å². The number of rotatable bonds is 5. The van der Waals surface area contributed by atoms with Crippen molar-refractivity contribution in [2.24, 2.45) is 5.73 Å². The average molecular weight is 217 g/mol. The number of allylic oxidation sites excluding steroid dienone is 1. The Morgan fingerprint density at radius 3 is 2.38 bits per heavy atom. The van der Waals surface area contributed by atoms with Crippen LogP contribution in [0.25, 0.3) is 0 Å². The van der Waals surface area contributed by atoms with Crippen molar-refractivity contribution in [1.29, 1.82) is 0 Å². The minimum atomic E-state index is 0.614. The second-order valence-corrected chi connectivity index (χ2v) is 4.70. The molecule has 1 aromatic rings. The van der Waals surface area contributed by atoms with E-state index >= 15 is 0 Å². The maximum Gasteiger partial charge on any atom is -0.00425 e. The predicted molar refractivity (Wildman–Crippen MR) is 71.7 cm³/mol. The monoisotopic (exact) mass is 217 g/mol. The smallest absolute Gasteiger partial charge is 0.00425 e. The van der Waals surface area contributed by atoms with Crippen LogP contribution in [0.15, 0.2) is 35.9 Å². The quantitative estimate of drug-likeness (QED) is 0.749. The molecule has 0 unspecified atom stereocenters. The lowest BCUT2D eigenvalue weighted by Crippen LogP contribution is -1.97. The van der Waals surface area contributed by atoms with E-state index in [1.165, 1.54) is 16.7 Å². The van der Waals surface area contributed by atoms with Crippen LogP contribution in [-0.2, 0) is 6.42 Å². The fourth-order valence-corrected chi connectivity index (χ4v) is 1.74. The number of hydrogen-bond donors (Lipinski definition) is 1. The van der Waals surface area contributed by atoms with Crippen LogP contribution < -0.4 is 5.73 Å². The lowest BCUT2D eigenvalue weighted by atomic mass is 9.99. The number of benzene rings is 1. The summed E-state index contributed by atoms with van der Waals surface area (Å²) in [5, 5.41) is 0. The van der Waals surface area contributed by atoms with E-state index in [2.05, 4.69) is 51.1 Å². The first kappa shape index (κ1) is 13.0. The molecule has 0 saturated heterocycles. The summed E-state index contributed by atoms with van der Waals surface area (Å²) >= 11 is 0. The van der Waals surface area contributed by atoms with E-state index in [9.17, 15) is 0 Å². The molecule has 0 saturated carbocycles. The summed E-state index contributed by atoms with van der Waals surface area (Å²) in [5.41, 5.74) is 9.68. The van der Waals surface area contributed by atoms with Gasteiger partial charge in [0.15, 0.2) is 0 Å². The Morgan fingerprint density at radius 1 is 1.25 bits per heavy atom. The molecule has 0 aliphatic rings. The summed E-state index contributed by atoms with van der Waals surface area (Å²) in [7, 11) is 0. The lowest BCUT2D eigenvalue weighted by Gasteiger charge is -2.07. The molecular weight excluding hydrogens is 194 g/mol. The van der Waals surface area contributed by atoms with Crippen LogP contribution in [-0.4, -0.2) is 6.54 Å². The van der Waals surface area contributed by atoms with Crippen molar-refractivity contribution in [2.75, 3.05) is 6.54 Å². The predicted octanol–water partition coefficient (Wildman–Crippen LogP) is 3.65. The van der Waals surface area contributed by atoms with Crippen molar-refractivity contribution in [2.45, 2.75) is 39.5 Å². The van der Waals surface area contributed by atoms with Gasteiger partial charge in [-0.3, -0.25) is 0 Å². The summed E-state index contributed by atoms with van der Waals surface area (Å²) < 4.78 is 0. The van der Waals surface area contributed by atoms with Crippen molar-refractivity contribution in [3.8, 4) is 0 Å². The third kappa shape index (κ3) is 4.19. The average Bonchev–Trinajstić information content (AvgIpc) is 2.27. The van der Waals surface area contributed by atoms with Gasteiger partial charge in [0.1, 0.15) is 0 Å². The van der Waals surface area contributed by atoms with Gasteiger partial charge in [-0.2, -0.15) is 0 Å². The maximum absolute atomic E-state index is 5.48. The van der Waals surface area contributed by atoms with Crippen LogP contribution in [0.4, 0.5) is 0 Å². The molecule has 0 radical (unpaired) electrons. The third-order valence-corrected chi connectivity index (χ3v) is 2.79. The highest BCUT2D eigenvalue weighted by atomic mass is 14.5. The molecule has 0 aromatic heterocycles. The minimum absolute atomic E-state index is 0.614. The second kappa shape index (κ2) is 6.49. The van der Waals surface area contributed by atoms with Gasteiger partial charge in [-0.1, -0.05) is 49.8 Å². The van der Waals surface area contributed by atoms with Crippen LogP contribution in [0.2, 0.25) is 0 Å². The molecule has 2 N–H and O–H groups in total. The lowest BCUT2D eigenvalue weighted by molar-refractivity contribution is 0.865. The molecule has 1 rings (SSSR count). The summed E-state index contributed by atoms with van der Waals surface area (Å²) in [6.07, 6.45) is 4.25. The van der Waals surface area contributed by atoms with E-state index in [0.29, 0.717) is 5.92 Å². The Hall–Kier alpha value is -1.08. The SMILES string of the molecule is CC(=CCCN)Cc1ccc(C(C)C)cc1. The van der Waals surface area contributed by atoms with E-state index in [0.717, 1.165) is 19.4 Å². The molecule has 1 aromatic carbocycles. The number of nitrogens with two attached hydrogens (primary N) is 1. The van der Waals surface area contributed by atoms with E-state index in [-0.39, 0.29) is 0 Å². The molecule has 1 nitrogen and oxygen atoms in total. The standard InChI is InChI=1S/C15H23N/c1-12(2)15-8-6-14(7-9-15)11-13(3)5-4-10-16/h5-9,12H,4,10-11,16H2,1-3H3. The Labute approximate surface area is 99.4 Å². The topological polar surface area (TPSA) is 26.0 Å². The molecule has 0 amide bonds. The van der Waals surface area contributed by atoms with Gasteiger partial charge in [-0.15, -0.1) is 0 Å². The first-order valence-corrected chi connectivity index (χ1v) is 6.08. The second-order valence-electron chi connectivity index (χ2n) is 4.70. The zero-order valence-electron chi connectivity index (χ0n) is 10.7. The normalized spacial score (nSPS) is 12.2. The van der Waals surface area contributed by atoms with Crippen LogP contribution in [0.3, 0.4) is 0 Å². The molecule has 16 heavy (non-hydrogen) atoms. The van der Waals surface area contributed by atoms with Crippen molar-refractivity contribution in [3.05, 3.63) is 47.0 Å². The Balaban J connectivity index is 2.61. The maximum atomic E-state index is 5.48. The molecule has 0 aliphatic heterocycles. The summed E-state index contributed by atoms with van der Waals surface area (Å²) in [6, 6.07) is 8.93. The van der Waals surface area contributed by atoms with Crippen molar-refractivity contribution >= 4 is 0 Å². The molecular formula is C15H23N. The molecule has 0 heterocycles. The molecule has 88 valence electrons. The summed E-state index contributed by atoms with van der Waals surface area (Å²) in [6.45, 7) is 7.36. The molecule has 0 atom stereocenters. The van der Waals surface area contributed by atoms with Gasteiger partial charge in [0.25, 0.3) is 0 Å². The van der Waals surface area contributed by atoms with Gasteiger partial charge in [0, 0.05) is 0 Å². The highest BCUT2D eigenvalue weighted by Gasteiger charge is 1.99. The van der Waals surface area contributed by atoms with Crippen molar-refractivity contribution in [1.82, 2.24) is 0 Å².